The molecule has 0 aromatic heterocycles. The lowest BCUT2D eigenvalue weighted by Gasteiger charge is -2.51. The lowest BCUT2D eigenvalue weighted by molar-refractivity contribution is -0.204. The summed E-state index contributed by atoms with van der Waals surface area (Å²) in [7, 11) is 0. The van der Waals surface area contributed by atoms with E-state index in [1.165, 1.54) is 35.2 Å². The van der Waals surface area contributed by atoms with Gasteiger partial charge >= 0.3 is 17.9 Å². The second-order valence-corrected chi connectivity index (χ2v) is 12.3. The van der Waals surface area contributed by atoms with Gasteiger partial charge in [0.15, 0.2) is 12.3 Å². The van der Waals surface area contributed by atoms with Crippen molar-refractivity contribution in [1.29, 1.82) is 0 Å². The van der Waals surface area contributed by atoms with Crippen LogP contribution in [0.1, 0.15) is 44.0 Å². The van der Waals surface area contributed by atoms with E-state index in [-0.39, 0.29) is 27.7 Å². The van der Waals surface area contributed by atoms with E-state index in [9.17, 15) is 24.3 Å². The summed E-state index contributed by atoms with van der Waals surface area (Å²) < 4.78 is 17.5. The van der Waals surface area contributed by atoms with Crippen LogP contribution in [-0.2, 0) is 28.6 Å². The first-order chi connectivity index (χ1) is 18.3. The van der Waals surface area contributed by atoms with E-state index in [0.29, 0.717) is 0 Å². The third-order valence-corrected chi connectivity index (χ3v) is 9.63. The molecule has 1 N–H and O–H groups in total. The van der Waals surface area contributed by atoms with Crippen molar-refractivity contribution >= 4 is 52.7 Å². The number of hydrogen-bond donors (Lipinski definition) is 1. The van der Waals surface area contributed by atoms with Gasteiger partial charge in [-0.05, 0) is 35.7 Å². The van der Waals surface area contributed by atoms with Crippen LogP contribution in [0.2, 0.25) is 10.0 Å². The van der Waals surface area contributed by atoms with E-state index in [4.69, 9.17) is 37.4 Å². The van der Waals surface area contributed by atoms with Crippen molar-refractivity contribution in [3.63, 3.8) is 0 Å². The van der Waals surface area contributed by atoms with Crippen molar-refractivity contribution < 1.29 is 38.5 Å². The second-order valence-electron chi connectivity index (χ2n) is 11.5. The molecule has 1 amide bonds. The SMILES string of the molecule is CC(C)(C)[C@]1(O)C[C@@H]2OC(=O)C[C@@]23C(=O)O[C@@H]2N(c4ccc(Cl)c(Cl)c4)C(=O)[C@H](OC(=O)c4ccccc4)[C@]213. The molecule has 4 aliphatic rings. The van der Waals surface area contributed by atoms with Crippen LogP contribution in [0.3, 0.4) is 0 Å². The lowest BCUT2D eigenvalue weighted by atomic mass is 9.52. The number of hydrogen-bond acceptors (Lipinski definition) is 8. The summed E-state index contributed by atoms with van der Waals surface area (Å²) in [5.74, 6) is -3.04. The Morgan fingerprint density at radius 1 is 1.05 bits per heavy atom. The predicted molar refractivity (Wildman–Crippen MR) is 138 cm³/mol. The van der Waals surface area contributed by atoms with Gasteiger partial charge in [-0.1, -0.05) is 62.2 Å². The highest BCUT2D eigenvalue weighted by molar-refractivity contribution is 6.42. The largest absolute Gasteiger partial charge is 0.461 e. The molecule has 1 saturated carbocycles. The highest BCUT2D eigenvalue weighted by Gasteiger charge is 2.93. The molecule has 2 aromatic rings. The van der Waals surface area contributed by atoms with Crippen LogP contribution in [-0.4, -0.2) is 53.0 Å². The fraction of sp³-hybridized carbons (Fsp3) is 0.429. The minimum absolute atomic E-state index is 0.134. The first kappa shape index (κ1) is 26.1. The molecule has 39 heavy (non-hydrogen) atoms. The minimum atomic E-state index is -1.90. The molecule has 1 aliphatic carbocycles. The summed E-state index contributed by atoms with van der Waals surface area (Å²) in [4.78, 5) is 55.5. The number of amides is 1. The van der Waals surface area contributed by atoms with Gasteiger partial charge in [0, 0.05) is 12.1 Å². The van der Waals surface area contributed by atoms with Gasteiger partial charge in [0.2, 0.25) is 0 Å². The Morgan fingerprint density at radius 3 is 2.38 bits per heavy atom. The van der Waals surface area contributed by atoms with Crippen molar-refractivity contribution in [2.75, 3.05) is 4.90 Å². The van der Waals surface area contributed by atoms with Crippen molar-refractivity contribution in [2.24, 2.45) is 16.2 Å². The Labute approximate surface area is 233 Å². The first-order valence-electron chi connectivity index (χ1n) is 12.5. The van der Waals surface area contributed by atoms with E-state index in [1.807, 2.05) is 0 Å². The van der Waals surface area contributed by atoms with E-state index in [1.54, 1.807) is 39.0 Å². The normalized spacial score (nSPS) is 34.9. The van der Waals surface area contributed by atoms with Gasteiger partial charge < -0.3 is 19.3 Å². The first-order valence-corrected chi connectivity index (χ1v) is 13.2. The van der Waals surface area contributed by atoms with Crippen LogP contribution in [0.15, 0.2) is 48.5 Å². The molecule has 204 valence electrons. The van der Waals surface area contributed by atoms with Crippen LogP contribution in [0.25, 0.3) is 0 Å². The Bertz CT molecular complexity index is 1440. The standard InChI is InChI=1S/C28H25Cl2NO8/c1-25(2,3)27(36)12-18-26(13-19(32)37-18)24(35)39-23-28(26,27)20(38-22(34)14-7-5-4-6-8-14)21(33)31(23)15-9-10-16(29)17(30)11-15/h4-11,18,20,23,36H,12-13H2,1-3H3/t18-,20-,23-,26-,27+,28+/m0/s1. The second kappa shape index (κ2) is 8.19. The van der Waals surface area contributed by atoms with E-state index in [0.717, 1.165) is 0 Å². The molecule has 11 heteroatoms. The van der Waals surface area contributed by atoms with Crippen molar-refractivity contribution in [3.05, 3.63) is 64.1 Å². The molecule has 2 aromatic carbocycles. The molecule has 2 spiro atoms. The maximum Gasteiger partial charge on any atom is 0.338 e. The van der Waals surface area contributed by atoms with Crippen molar-refractivity contribution in [1.82, 2.24) is 0 Å². The fourth-order valence-electron chi connectivity index (χ4n) is 7.16. The lowest BCUT2D eigenvalue weighted by Crippen LogP contribution is -2.66. The third-order valence-electron chi connectivity index (χ3n) is 8.89. The molecule has 4 fully saturated rings. The summed E-state index contributed by atoms with van der Waals surface area (Å²) in [6.07, 6.45) is -4.83. The summed E-state index contributed by atoms with van der Waals surface area (Å²) in [5.41, 5.74) is -6.16. The molecule has 0 radical (unpaired) electrons. The summed E-state index contributed by atoms with van der Waals surface area (Å²) in [6.45, 7) is 5.25. The average Bonchev–Trinajstić information content (AvgIpc) is 3.48. The zero-order valence-electron chi connectivity index (χ0n) is 21.3. The van der Waals surface area contributed by atoms with Gasteiger partial charge in [0.1, 0.15) is 16.9 Å². The molecule has 6 rings (SSSR count). The molecule has 6 atom stereocenters. The van der Waals surface area contributed by atoms with Crippen LogP contribution in [0.4, 0.5) is 5.69 Å². The van der Waals surface area contributed by atoms with Crippen LogP contribution < -0.4 is 4.90 Å². The number of halogens is 2. The van der Waals surface area contributed by atoms with Gasteiger partial charge in [0.25, 0.3) is 5.91 Å². The predicted octanol–water partition coefficient (Wildman–Crippen LogP) is 3.92. The number of anilines is 1. The van der Waals surface area contributed by atoms with Gasteiger partial charge in [-0.15, -0.1) is 0 Å². The number of ether oxygens (including phenoxy) is 3. The topological polar surface area (TPSA) is 119 Å². The average molecular weight is 574 g/mol. The summed E-state index contributed by atoms with van der Waals surface area (Å²) >= 11 is 12.4. The quantitative estimate of drug-likeness (QED) is 0.433. The Kier molecular flexibility index (Phi) is 5.48. The number of esters is 3. The van der Waals surface area contributed by atoms with E-state index >= 15 is 0 Å². The maximum absolute atomic E-state index is 14.4. The monoisotopic (exact) mass is 573 g/mol. The molecule has 9 nitrogen and oxygen atoms in total. The van der Waals surface area contributed by atoms with Gasteiger partial charge in [-0.2, -0.15) is 0 Å². The number of carbonyl (C=O) groups is 4. The highest BCUT2D eigenvalue weighted by Crippen LogP contribution is 2.76. The maximum atomic E-state index is 14.4. The van der Waals surface area contributed by atoms with Crippen LogP contribution in [0.5, 0.6) is 0 Å². The van der Waals surface area contributed by atoms with Crippen molar-refractivity contribution in [2.45, 2.75) is 57.6 Å². The molecule has 3 aliphatic heterocycles. The van der Waals surface area contributed by atoms with Crippen LogP contribution in [0, 0.1) is 16.2 Å². The molecular weight excluding hydrogens is 549 g/mol. The number of carbonyl (C=O) groups excluding carboxylic acids is 4. The Hall–Kier alpha value is -3.14. The number of benzene rings is 2. The molecule has 0 bridgehead atoms. The van der Waals surface area contributed by atoms with E-state index in [2.05, 4.69) is 0 Å². The number of nitrogens with zero attached hydrogens (tertiary/aromatic N) is 1. The zero-order valence-corrected chi connectivity index (χ0v) is 22.8. The third kappa shape index (κ3) is 3.06. The molecule has 3 saturated heterocycles. The van der Waals surface area contributed by atoms with Crippen LogP contribution >= 0.6 is 23.2 Å². The zero-order chi connectivity index (χ0) is 28.1. The minimum Gasteiger partial charge on any atom is -0.461 e. The van der Waals surface area contributed by atoms with Gasteiger partial charge in [-0.3, -0.25) is 19.3 Å². The number of aliphatic hydroxyl groups is 1. The summed E-state index contributed by atoms with van der Waals surface area (Å²) in [5, 5.41) is 13.0. The summed E-state index contributed by atoms with van der Waals surface area (Å²) in [6, 6.07) is 12.5. The van der Waals surface area contributed by atoms with Gasteiger partial charge in [-0.25, -0.2) is 4.79 Å². The van der Waals surface area contributed by atoms with E-state index < -0.39 is 70.5 Å². The molecular formula is C28H25Cl2NO8. The number of rotatable bonds is 3. The molecule has 0 unspecified atom stereocenters. The smallest absolute Gasteiger partial charge is 0.338 e. The highest BCUT2D eigenvalue weighted by atomic mass is 35.5. The Morgan fingerprint density at radius 2 is 1.74 bits per heavy atom. The fourth-order valence-corrected chi connectivity index (χ4v) is 7.46. The Balaban J connectivity index is 1.62. The van der Waals surface area contributed by atoms with Gasteiger partial charge in [0.05, 0.1) is 27.6 Å². The molecule has 3 heterocycles. The van der Waals surface area contributed by atoms with Crippen molar-refractivity contribution in [3.8, 4) is 0 Å².